The van der Waals surface area contributed by atoms with Crippen LogP contribution >= 0.6 is 15.9 Å². The van der Waals surface area contributed by atoms with Crippen molar-refractivity contribution in [2.24, 2.45) is 0 Å². The quantitative estimate of drug-likeness (QED) is 0.793. The Morgan fingerprint density at radius 3 is 2.70 bits per heavy atom. The summed E-state index contributed by atoms with van der Waals surface area (Å²) >= 11 is 3.16. The lowest BCUT2D eigenvalue weighted by Crippen LogP contribution is -2.29. The number of hydrogen-bond acceptors (Lipinski definition) is 3. The van der Waals surface area contributed by atoms with Crippen LogP contribution in [-0.4, -0.2) is 21.7 Å². The zero-order chi connectivity index (χ0) is 14.3. The molecule has 2 amide bonds. The maximum absolute atomic E-state index is 13.8. The summed E-state index contributed by atoms with van der Waals surface area (Å²) < 4.78 is 14.4. The highest BCUT2D eigenvalue weighted by Crippen LogP contribution is 2.24. The van der Waals surface area contributed by atoms with Gasteiger partial charge >= 0.3 is 0 Å². The predicted molar refractivity (Wildman–Crippen MR) is 72.5 cm³/mol. The Labute approximate surface area is 122 Å². The number of imide groups is 1. The van der Waals surface area contributed by atoms with Crippen LogP contribution in [-0.2, 0) is 6.54 Å². The van der Waals surface area contributed by atoms with Gasteiger partial charge in [-0.15, -0.1) is 0 Å². The van der Waals surface area contributed by atoms with Gasteiger partial charge in [0.25, 0.3) is 11.8 Å². The highest BCUT2D eigenvalue weighted by molar-refractivity contribution is 9.10. The van der Waals surface area contributed by atoms with Crippen molar-refractivity contribution in [3.05, 3.63) is 63.6 Å². The normalized spacial score (nSPS) is 13.8. The second kappa shape index (κ2) is 4.79. The van der Waals surface area contributed by atoms with E-state index in [2.05, 4.69) is 20.9 Å². The number of carbonyl (C=O) groups excluding carboxylic acids is 2. The maximum atomic E-state index is 13.8. The van der Waals surface area contributed by atoms with Crippen LogP contribution < -0.4 is 0 Å². The summed E-state index contributed by atoms with van der Waals surface area (Å²) in [6.45, 7) is -0.104. The number of aromatic nitrogens is 1. The average Bonchev–Trinajstić information content (AvgIpc) is 2.67. The molecule has 0 aliphatic carbocycles. The number of benzene rings is 1. The number of carbonyl (C=O) groups is 2. The van der Waals surface area contributed by atoms with Gasteiger partial charge in [-0.05, 0) is 24.3 Å². The molecule has 0 saturated heterocycles. The largest absolute Gasteiger partial charge is 0.280 e. The van der Waals surface area contributed by atoms with Gasteiger partial charge in [0.2, 0.25) is 0 Å². The van der Waals surface area contributed by atoms with Crippen LogP contribution in [0.15, 0.2) is 41.0 Å². The first-order valence-electron chi connectivity index (χ1n) is 5.83. The van der Waals surface area contributed by atoms with Gasteiger partial charge in [0.1, 0.15) is 11.5 Å². The molecule has 0 atom stereocenters. The van der Waals surface area contributed by atoms with Gasteiger partial charge in [0.15, 0.2) is 0 Å². The van der Waals surface area contributed by atoms with E-state index in [0.29, 0.717) is 4.47 Å². The van der Waals surface area contributed by atoms with Gasteiger partial charge in [-0.25, -0.2) is 4.39 Å². The molecule has 0 bridgehead atoms. The Balaban J connectivity index is 1.94. The number of rotatable bonds is 2. The molecule has 100 valence electrons. The first-order valence-corrected chi connectivity index (χ1v) is 6.62. The van der Waals surface area contributed by atoms with E-state index in [1.165, 1.54) is 18.3 Å². The molecular formula is C14H8BrFN2O2. The number of pyridine rings is 1. The van der Waals surface area contributed by atoms with E-state index in [0.717, 1.165) is 4.90 Å². The fraction of sp³-hybridized carbons (Fsp3) is 0.0714. The summed E-state index contributed by atoms with van der Waals surface area (Å²) in [4.78, 5) is 29.1. The molecule has 1 aliphatic rings. The van der Waals surface area contributed by atoms with Crippen molar-refractivity contribution in [3.8, 4) is 0 Å². The molecule has 20 heavy (non-hydrogen) atoms. The Morgan fingerprint density at radius 1 is 1.20 bits per heavy atom. The van der Waals surface area contributed by atoms with Crippen molar-refractivity contribution >= 4 is 27.7 Å². The zero-order valence-electron chi connectivity index (χ0n) is 10.1. The van der Waals surface area contributed by atoms with Crippen LogP contribution in [0.5, 0.6) is 0 Å². The third-order valence-electron chi connectivity index (χ3n) is 3.07. The summed E-state index contributed by atoms with van der Waals surface area (Å²) in [7, 11) is 0. The van der Waals surface area contributed by atoms with E-state index in [4.69, 9.17) is 0 Å². The first-order chi connectivity index (χ1) is 9.58. The van der Waals surface area contributed by atoms with E-state index in [1.807, 2.05) is 0 Å². The van der Waals surface area contributed by atoms with Gasteiger partial charge < -0.3 is 0 Å². The molecule has 6 heteroatoms. The Morgan fingerprint density at radius 2 is 2.00 bits per heavy atom. The predicted octanol–water partition coefficient (Wildman–Crippen LogP) is 2.78. The summed E-state index contributed by atoms with van der Waals surface area (Å²) in [5.74, 6) is -1.41. The summed E-state index contributed by atoms with van der Waals surface area (Å²) in [5, 5.41) is 0. The van der Waals surface area contributed by atoms with E-state index >= 15 is 0 Å². The zero-order valence-corrected chi connectivity index (χ0v) is 11.7. The highest BCUT2D eigenvalue weighted by Gasteiger charge is 2.36. The minimum absolute atomic E-state index is 0.104. The van der Waals surface area contributed by atoms with Crippen molar-refractivity contribution in [2.75, 3.05) is 0 Å². The Hall–Kier alpha value is -2.08. The van der Waals surface area contributed by atoms with Gasteiger partial charge in [0.05, 0.1) is 12.1 Å². The van der Waals surface area contributed by atoms with E-state index in [-0.39, 0.29) is 23.4 Å². The third kappa shape index (κ3) is 2.02. The maximum Gasteiger partial charge on any atom is 0.280 e. The van der Waals surface area contributed by atoms with Gasteiger partial charge in [-0.1, -0.05) is 22.0 Å². The lowest BCUT2D eigenvalue weighted by molar-refractivity contribution is 0.0639. The second-order valence-corrected chi connectivity index (χ2v) is 5.25. The Bertz CT molecular complexity index is 698. The van der Waals surface area contributed by atoms with Gasteiger partial charge in [-0.3, -0.25) is 19.5 Å². The molecular weight excluding hydrogens is 327 g/mol. The molecule has 0 saturated carbocycles. The van der Waals surface area contributed by atoms with Crippen molar-refractivity contribution < 1.29 is 14.0 Å². The van der Waals surface area contributed by atoms with Gasteiger partial charge in [0, 0.05) is 16.2 Å². The molecule has 0 unspecified atom stereocenters. The first kappa shape index (κ1) is 12.9. The third-order valence-corrected chi connectivity index (χ3v) is 3.57. The van der Waals surface area contributed by atoms with E-state index in [9.17, 15) is 14.0 Å². The molecule has 0 radical (unpaired) electrons. The minimum Gasteiger partial charge on any atom is -0.268 e. The lowest BCUT2D eigenvalue weighted by Gasteiger charge is -2.14. The van der Waals surface area contributed by atoms with Crippen LogP contribution in [0.1, 0.15) is 26.4 Å². The van der Waals surface area contributed by atoms with Crippen LogP contribution in [0.2, 0.25) is 0 Å². The molecule has 0 fully saturated rings. The molecule has 1 aromatic heterocycles. The summed E-state index contributed by atoms with van der Waals surface area (Å²) in [5.41, 5.74) is 0.660. The van der Waals surface area contributed by atoms with Crippen molar-refractivity contribution in [3.63, 3.8) is 0 Å². The number of hydrogen-bond donors (Lipinski definition) is 0. The number of nitrogens with zero attached hydrogens (tertiary/aromatic N) is 2. The monoisotopic (exact) mass is 334 g/mol. The minimum atomic E-state index is -0.493. The fourth-order valence-electron chi connectivity index (χ4n) is 2.08. The number of amides is 2. The molecule has 1 aliphatic heterocycles. The lowest BCUT2D eigenvalue weighted by atomic mass is 10.2. The molecule has 1 aromatic carbocycles. The smallest absolute Gasteiger partial charge is 0.268 e. The van der Waals surface area contributed by atoms with E-state index < -0.39 is 17.6 Å². The average molecular weight is 335 g/mol. The SMILES string of the molecule is O=C1c2cccnc2C(=O)N1Cc1ccc(Br)cc1F. The molecule has 4 nitrogen and oxygen atoms in total. The second-order valence-electron chi connectivity index (χ2n) is 4.33. The molecule has 2 aromatic rings. The number of fused-ring (bicyclic) bond motifs is 1. The molecule has 3 rings (SSSR count). The highest BCUT2D eigenvalue weighted by atomic mass is 79.9. The summed E-state index contributed by atoms with van der Waals surface area (Å²) in [6, 6.07) is 7.63. The van der Waals surface area contributed by atoms with Crippen LogP contribution in [0.25, 0.3) is 0 Å². The van der Waals surface area contributed by atoms with Crippen molar-refractivity contribution in [2.45, 2.75) is 6.54 Å². The molecule has 2 heterocycles. The van der Waals surface area contributed by atoms with Crippen molar-refractivity contribution in [1.82, 2.24) is 9.88 Å². The van der Waals surface area contributed by atoms with Crippen LogP contribution in [0.4, 0.5) is 4.39 Å². The van der Waals surface area contributed by atoms with Crippen LogP contribution in [0, 0.1) is 5.82 Å². The topological polar surface area (TPSA) is 50.3 Å². The van der Waals surface area contributed by atoms with Crippen molar-refractivity contribution in [1.29, 1.82) is 0 Å². The standard InChI is InChI=1S/C14H8BrFN2O2/c15-9-4-3-8(11(16)6-9)7-18-13(19)10-2-1-5-17-12(10)14(18)20/h1-6H,7H2. The Kier molecular flexibility index (Phi) is 3.10. The van der Waals surface area contributed by atoms with Gasteiger partial charge in [-0.2, -0.15) is 0 Å². The molecule has 0 spiro atoms. The summed E-state index contributed by atoms with van der Waals surface area (Å²) in [6.07, 6.45) is 1.45. The fourth-order valence-corrected chi connectivity index (χ4v) is 2.41. The van der Waals surface area contributed by atoms with E-state index in [1.54, 1.807) is 18.2 Å². The molecule has 0 N–H and O–H groups in total. The van der Waals surface area contributed by atoms with Crippen LogP contribution in [0.3, 0.4) is 0 Å². The number of halogens is 2.